The third kappa shape index (κ3) is 4.97. The molecule has 206 valence electrons. The van der Waals surface area contributed by atoms with Crippen LogP contribution in [0.4, 0.5) is 0 Å². The lowest BCUT2D eigenvalue weighted by atomic mass is 9.96. The summed E-state index contributed by atoms with van der Waals surface area (Å²) in [5.74, 6) is 1.87. The molecule has 0 spiro atoms. The molecule has 0 radical (unpaired) electrons. The molecule has 0 unspecified atom stereocenters. The van der Waals surface area contributed by atoms with E-state index in [4.69, 9.17) is 15.0 Å². The number of rotatable bonds is 5. The molecule has 5 heteroatoms. The first-order valence-electron chi connectivity index (χ1n) is 14.5. The van der Waals surface area contributed by atoms with Crippen LogP contribution >= 0.6 is 0 Å². The Morgan fingerprint density at radius 1 is 0.273 bits per heavy atom. The molecule has 8 rings (SSSR count). The van der Waals surface area contributed by atoms with Crippen molar-refractivity contribution in [2.45, 2.75) is 0 Å². The maximum Gasteiger partial charge on any atom is 0.164 e. The molecular formula is C39H25N5. The van der Waals surface area contributed by atoms with Gasteiger partial charge in [-0.1, -0.05) is 72.8 Å². The van der Waals surface area contributed by atoms with E-state index in [0.717, 1.165) is 49.7 Å². The molecule has 0 saturated heterocycles. The third-order valence-electron chi connectivity index (χ3n) is 7.87. The monoisotopic (exact) mass is 563 g/mol. The minimum atomic E-state index is 0.609. The summed E-state index contributed by atoms with van der Waals surface area (Å²) in [7, 11) is 0. The summed E-state index contributed by atoms with van der Waals surface area (Å²) >= 11 is 0. The SMILES string of the molecule is c1ccc2cc(-c3nc(-c4cc(-c5ccncc5)cc(-c5ccncc5)c4)nc(-c4ccc5ccccc5c4)n3)ccc2c1. The van der Waals surface area contributed by atoms with Gasteiger partial charge >= 0.3 is 0 Å². The molecule has 5 nitrogen and oxygen atoms in total. The van der Waals surface area contributed by atoms with Gasteiger partial charge in [-0.2, -0.15) is 0 Å². The van der Waals surface area contributed by atoms with Crippen molar-refractivity contribution in [3.63, 3.8) is 0 Å². The molecule has 44 heavy (non-hydrogen) atoms. The zero-order valence-electron chi connectivity index (χ0n) is 23.7. The first-order chi connectivity index (χ1) is 21.8. The summed E-state index contributed by atoms with van der Waals surface area (Å²) in [5, 5.41) is 4.62. The van der Waals surface area contributed by atoms with Crippen molar-refractivity contribution < 1.29 is 0 Å². The Kier molecular flexibility index (Phi) is 6.39. The fourth-order valence-electron chi connectivity index (χ4n) is 5.60. The lowest BCUT2D eigenvalue weighted by Gasteiger charge is -2.13. The van der Waals surface area contributed by atoms with Gasteiger partial charge in [-0.3, -0.25) is 9.97 Å². The van der Waals surface area contributed by atoms with Crippen molar-refractivity contribution in [1.29, 1.82) is 0 Å². The molecule has 0 saturated carbocycles. The topological polar surface area (TPSA) is 64.5 Å². The van der Waals surface area contributed by atoms with Crippen LogP contribution in [0.1, 0.15) is 0 Å². The van der Waals surface area contributed by atoms with E-state index in [1.807, 2.05) is 49.1 Å². The number of aromatic nitrogens is 5. The number of nitrogens with zero attached hydrogens (tertiary/aromatic N) is 5. The number of pyridine rings is 2. The Morgan fingerprint density at radius 2 is 0.659 bits per heavy atom. The van der Waals surface area contributed by atoms with Crippen LogP contribution in [0.2, 0.25) is 0 Å². The first kappa shape index (κ1) is 25.6. The van der Waals surface area contributed by atoms with Gasteiger partial charge in [0.25, 0.3) is 0 Å². The summed E-state index contributed by atoms with van der Waals surface area (Å²) in [6, 6.07) is 43.9. The second kappa shape index (κ2) is 11.0. The van der Waals surface area contributed by atoms with Crippen molar-refractivity contribution in [2.75, 3.05) is 0 Å². The van der Waals surface area contributed by atoms with E-state index in [9.17, 15) is 0 Å². The molecule has 0 amide bonds. The maximum atomic E-state index is 5.09. The Labute approximate surface area is 254 Å². The molecule has 8 aromatic rings. The van der Waals surface area contributed by atoms with Crippen LogP contribution in [0.5, 0.6) is 0 Å². The van der Waals surface area contributed by atoms with Crippen molar-refractivity contribution in [3.05, 3.63) is 152 Å². The highest BCUT2D eigenvalue weighted by Crippen LogP contribution is 2.34. The van der Waals surface area contributed by atoms with Gasteiger partial charge < -0.3 is 0 Å². The first-order valence-corrected chi connectivity index (χ1v) is 14.5. The molecule has 0 aliphatic carbocycles. The van der Waals surface area contributed by atoms with E-state index in [0.29, 0.717) is 17.5 Å². The second-order valence-corrected chi connectivity index (χ2v) is 10.7. The minimum absolute atomic E-state index is 0.609. The van der Waals surface area contributed by atoms with Crippen LogP contribution in [-0.4, -0.2) is 24.9 Å². The molecule has 0 N–H and O–H groups in total. The van der Waals surface area contributed by atoms with Crippen LogP contribution in [0.3, 0.4) is 0 Å². The van der Waals surface area contributed by atoms with Crippen molar-refractivity contribution in [2.24, 2.45) is 0 Å². The largest absolute Gasteiger partial charge is 0.265 e. The van der Waals surface area contributed by atoms with Gasteiger partial charge in [-0.05, 0) is 98.4 Å². The van der Waals surface area contributed by atoms with Gasteiger partial charge in [-0.25, -0.2) is 15.0 Å². The van der Waals surface area contributed by atoms with E-state index in [1.54, 1.807) is 0 Å². The average Bonchev–Trinajstić information content (AvgIpc) is 3.11. The smallest absolute Gasteiger partial charge is 0.164 e. The third-order valence-corrected chi connectivity index (χ3v) is 7.87. The van der Waals surface area contributed by atoms with E-state index in [1.165, 1.54) is 10.8 Å². The Balaban J connectivity index is 1.36. The molecule has 0 aliphatic rings. The van der Waals surface area contributed by atoms with E-state index in [2.05, 4.69) is 113 Å². The molecule has 0 bridgehead atoms. The standard InChI is InChI=1S/C39H25N5/c1-3-7-30-21-32(11-9-26(30)5-1)37-42-38(33-12-10-27-6-2-4-8-31(27)22-33)44-39(43-37)36-24-34(28-13-17-40-18-14-28)23-35(25-36)29-15-19-41-20-16-29/h1-25H. The summed E-state index contributed by atoms with van der Waals surface area (Å²) in [5.41, 5.74) is 7.01. The molecule has 0 aliphatic heterocycles. The molecule has 0 atom stereocenters. The lowest BCUT2D eigenvalue weighted by Crippen LogP contribution is -2.01. The number of benzene rings is 5. The summed E-state index contributed by atoms with van der Waals surface area (Å²) in [6.07, 6.45) is 7.25. The molecular weight excluding hydrogens is 538 g/mol. The molecule has 0 fully saturated rings. The zero-order valence-corrected chi connectivity index (χ0v) is 23.7. The van der Waals surface area contributed by atoms with Crippen LogP contribution in [0.15, 0.2) is 152 Å². The maximum absolute atomic E-state index is 5.09. The lowest BCUT2D eigenvalue weighted by molar-refractivity contribution is 1.08. The summed E-state index contributed by atoms with van der Waals surface area (Å²) in [4.78, 5) is 23.7. The second-order valence-electron chi connectivity index (χ2n) is 10.7. The summed E-state index contributed by atoms with van der Waals surface area (Å²) < 4.78 is 0. The van der Waals surface area contributed by atoms with Crippen molar-refractivity contribution >= 4 is 21.5 Å². The van der Waals surface area contributed by atoms with Gasteiger partial charge in [0.2, 0.25) is 0 Å². The fourth-order valence-corrected chi connectivity index (χ4v) is 5.60. The number of hydrogen-bond acceptors (Lipinski definition) is 5. The van der Waals surface area contributed by atoms with Crippen LogP contribution in [-0.2, 0) is 0 Å². The van der Waals surface area contributed by atoms with Gasteiger partial charge in [0.1, 0.15) is 0 Å². The van der Waals surface area contributed by atoms with Crippen LogP contribution in [0, 0.1) is 0 Å². The normalized spacial score (nSPS) is 11.2. The van der Waals surface area contributed by atoms with E-state index < -0.39 is 0 Å². The molecule has 5 aromatic carbocycles. The van der Waals surface area contributed by atoms with Crippen molar-refractivity contribution in [3.8, 4) is 56.4 Å². The summed E-state index contributed by atoms with van der Waals surface area (Å²) in [6.45, 7) is 0. The molecule has 3 heterocycles. The highest BCUT2D eigenvalue weighted by molar-refractivity contribution is 5.88. The van der Waals surface area contributed by atoms with Gasteiger partial charge in [0, 0.05) is 41.5 Å². The van der Waals surface area contributed by atoms with Gasteiger partial charge in [0.15, 0.2) is 17.5 Å². The Morgan fingerprint density at radius 3 is 1.11 bits per heavy atom. The molecule has 3 aromatic heterocycles. The van der Waals surface area contributed by atoms with Crippen LogP contribution in [0.25, 0.3) is 78.0 Å². The highest BCUT2D eigenvalue weighted by atomic mass is 15.0. The predicted molar refractivity (Wildman–Crippen MR) is 178 cm³/mol. The zero-order chi connectivity index (χ0) is 29.3. The van der Waals surface area contributed by atoms with Crippen LogP contribution < -0.4 is 0 Å². The minimum Gasteiger partial charge on any atom is -0.265 e. The Bertz CT molecular complexity index is 2130. The fraction of sp³-hybridized carbons (Fsp3) is 0. The van der Waals surface area contributed by atoms with E-state index >= 15 is 0 Å². The highest BCUT2D eigenvalue weighted by Gasteiger charge is 2.15. The van der Waals surface area contributed by atoms with Crippen molar-refractivity contribution in [1.82, 2.24) is 24.9 Å². The Hall–Kier alpha value is -6.07. The number of fused-ring (bicyclic) bond motifs is 2. The average molecular weight is 564 g/mol. The number of hydrogen-bond donors (Lipinski definition) is 0. The van der Waals surface area contributed by atoms with Gasteiger partial charge in [-0.15, -0.1) is 0 Å². The van der Waals surface area contributed by atoms with E-state index in [-0.39, 0.29) is 0 Å². The van der Waals surface area contributed by atoms with Gasteiger partial charge in [0.05, 0.1) is 0 Å². The predicted octanol–water partition coefficient (Wildman–Crippen LogP) is 9.30. The quantitative estimate of drug-likeness (QED) is 0.209.